The van der Waals surface area contributed by atoms with Crippen molar-refractivity contribution in [2.24, 2.45) is 0 Å². The highest BCUT2D eigenvalue weighted by Crippen LogP contribution is 2.31. The maximum Gasteiger partial charge on any atom is 0.0724 e. The quantitative estimate of drug-likeness (QED) is 0.779. The van der Waals surface area contributed by atoms with Crippen molar-refractivity contribution in [1.82, 2.24) is 4.98 Å². The molecular formula is C14H17N3O. The van der Waals surface area contributed by atoms with Crippen LogP contribution in [0, 0.1) is 0 Å². The largest absolute Gasteiger partial charge is 0.396 e. The number of anilines is 2. The van der Waals surface area contributed by atoms with Gasteiger partial charge in [0.25, 0.3) is 0 Å². The molecule has 1 aliphatic heterocycles. The predicted octanol–water partition coefficient (Wildman–Crippen LogP) is 2.04. The number of aromatic nitrogens is 1. The maximum absolute atomic E-state index is 6.27. The van der Waals surface area contributed by atoms with E-state index in [1.165, 1.54) is 0 Å². The van der Waals surface area contributed by atoms with Crippen molar-refractivity contribution in [2.75, 3.05) is 30.3 Å². The van der Waals surface area contributed by atoms with Crippen molar-refractivity contribution >= 4 is 22.3 Å². The van der Waals surface area contributed by atoms with Gasteiger partial charge in [-0.15, -0.1) is 0 Å². The van der Waals surface area contributed by atoms with Crippen molar-refractivity contribution in [3.05, 3.63) is 30.5 Å². The summed E-state index contributed by atoms with van der Waals surface area (Å²) in [5, 5.41) is 1.02. The lowest BCUT2D eigenvalue weighted by atomic mass is 10.1. The van der Waals surface area contributed by atoms with E-state index in [2.05, 4.69) is 22.9 Å². The number of hydrogen-bond donors (Lipinski definition) is 1. The molecule has 94 valence electrons. The Bertz CT molecular complexity index is 570. The summed E-state index contributed by atoms with van der Waals surface area (Å²) in [7, 11) is 0. The Morgan fingerprint density at radius 3 is 3.11 bits per heavy atom. The summed E-state index contributed by atoms with van der Waals surface area (Å²) in [5.41, 5.74) is 9.12. The lowest BCUT2D eigenvalue weighted by Gasteiger charge is -2.33. The van der Waals surface area contributed by atoms with Crippen LogP contribution >= 0.6 is 0 Å². The molecule has 18 heavy (non-hydrogen) atoms. The van der Waals surface area contributed by atoms with Gasteiger partial charge >= 0.3 is 0 Å². The van der Waals surface area contributed by atoms with Crippen LogP contribution in [0.1, 0.15) is 6.92 Å². The average molecular weight is 243 g/mol. The van der Waals surface area contributed by atoms with Crippen LogP contribution in [0.15, 0.2) is 30.5 Å². The van der Waals surface area contributed by atoms with E-state index in [1.807, 2.05) is 18.2 Å². The molecule has 2 N–H and O–H groups in total. The molecule has 1 unspecified atom stereocenters. The zero-order chi connectivity index (χ0) is 12.5. The third-order valence-corrected chi connectivity index (χ3v) is 3.39. The Morgan fingerprint density at radius 1 is 1.39 bits per heavy atom. The number of hydrogen-bond acceptors (Lipinski definition) is 4. The van der Waals surface area contributed by atoms with Crippen LogP contribution in [0.3, 0.4) is 0 Å². The number of nitrogens with two attached hydrogens (primary N) is 1. The fraction of sp³-hybridized carbons (Fsp3) is 0.357. The first kappa shape index (κ1) is 11.3. The minimum atomic E-state index is 0.253. The van der Waals surface area contributed by atoms with Gasteiger partial charge in [0.15, 0.2) is 0 Å². The maximum atomic E-state index is 6.27. The van der Waals surface area contributed by atoms with Gasteiger partial charge in [-0.3, -0.25) is 4.98 Å². The zero-order valence-corrected chi connectivity index (χ0v) is 10.5. The first-order valence-electron chi connectivity index (χ1n) is 6.25. The van der Waals surface area contributed by atoms with E-state index in [4.69, 9.17) is 10.5 Å². The second kappa shape index (κ2) is 4.46. The summed E-state index contributed by atoms with van der Waals surface area (Å²) in [6.45, 7) is 4.62. The first-order chi connectivity index (χ1) is 8.75. The van der Waals surface area contributed by atoms with Gasteiger partial charge in [-0.1, -0.05) is 0 Å². The van der Waals surface area contributed by atoms with Gasteiger partial charge in [0, 0.05) is 24.7 Å². The molecule has 2 aromatic rings. The summed E-state index contributed by atoms with van der Waals surface area (Å²) in [5.74, 6) is 0. The number of rotatable bonds is 1. The second-order valence-corrected chi connectivity index (χ2v) is 4.70. The molecular weight excluding hydrogens is 226 g/mol. The highest BCUT2D eigenvalue weighted by atomic mass is 16.5. The van der Waals surface area contributed by atoms with Crippen LogP contribution in [-0.2, 0) is 4.74 Å². The SMILES string of the molecule is CC1CN(c2ccc3ncccc3c2N)CCO1. The second-order valence-electron chi connectivity index (χ2n) is 4.70. The minimum Gasteiger partial charge on any atom is -0.396 e. The third-order valence-electron chi connectivity index (χ3n) is 3.39. The molecule has 0 aliphatic carbocycles. The minimum absolute atomic E-state index is 0.253. The van der Waals surface area contributed by atoms with Gasteiger partial charge in [0.05, 0.1) is 29.6 Å². The number of fused-ring (bicyclic) bond motifs is 1. The van der Waals surface area contributed by atoms with Crippen LogP contribution in [-0.4, -0.2) is 30.8 Å². The van der Waals surface area contributed by atoms with E-state index in [-0.39, 0.29) is 6.10 Å². The smallest absolute Gasteiger partial charge is 0.0724 e. The summed E-state index contributed by atoms with van der Waals surface area (Å²) in [6.07, 6.45) is 2.04. The van der Waals surface area contributed by atoms with Gasteiger partial charge in [0.2, 0.25) is 0 Å². The van der Waals surface area contributed by atoms with E-state index < -0.39 is 0 Å². The van der Waals surface area contributed by atoms with Crippen molar-refractivity contribution in [1.29, 1.82) is 0 Å². The Balaban J connectivity index is 2.04. The van der Waals surface area contributed by atoms with Crippen molar-refractivity contribution < 1.29 is 4.74 Å². The number of nitrogens with zero attached hydrogens (tertiary/aromatic N) is 2. The highest BCUT2D eigenvalue weighted by Gasteiger charge is 2.19. The van der Waals surface area contributed by atoms with Crippen molar-refractivity contribution in [3.63, 3.8) is 0 Å². The molecule has 1 aliphatic rings. The normalized spacial score (nSPS) is 20.3. The monoisotopic (exact) mass is 243 g/mol. The standard InChI is InChI=1S/C14H17N3O/c1-10-9-17(7-8-18-10)13-5-4-12-11(14(13)15)3-2-6-16-12/h2-6,10H,7-9,15H2,1H3. The van der Waals surface area contributed by atoms with E-state index in [0.717, 1.165) is 42.0 Å². The van der Waals surface area contributed by atoms with Crippen LogP contribution in [0.2, 0.25) is 0 Å². The number of morpholine rings is 1. The zero-order valence-electron chi connectivity index (χ0n) is 10.5. The van der Waals surface area contributed by atoms with Crippen LogP contribution < -0.4 is 10.6 Å². The number of pyridine rings is 1. The molecule has 1 saturated heterocycles. The van der Waals surface area contributed by atoms with Crippen LogP contribution in [0.5, 0.6) is 0 Å². The molecule has 0 radical (unpaired) electrons. The Kier molecular flexibility index (Phi) is 2.80. The van der Waals surface area contributed by atoms with E-state index in [1.54, 1.807) is 6.20 Å². The fourth-order valence-electron chi connectivity index (χ4n) is 2.48. The molecule has 4 nitrogen and oxygen atoms in total. The molecule has 1 fully saturated rings. The summed E-state index contributed by atoms with van der Waals surface area (Å²) in [6, 6.07) is 8.03. The van der Waals surface area contributed by atoms with Gasteiger partial charge in [0.1, 0.15) is 0 Å². The first-order valence-corrected chi connectivity index (χ1v) is 6.25. The topological polar surface area (TPSA) is 51.4 Å². The summed E-state index contributed by atoms with van der Waals surface area (Å²) < 4.78 is 5.56. The molecule has 0 amide bonds. The van der Waals surface area contributed by atoms with Crippen LogP contribution in [0.25, 0.3) is 10.9 Å². The molecule has 2 heterocycles. The van der Waals surface area contributed by atoms with Gasteiger partial charge in [-0.05, 0) is 31.2 Å². The number of benzene rings is 1. The van der Waals surface area contributed by atoms with E-state index >= 15 is 0 Å². The van der Waals surface area contributed by atoms with Crippen molar-refractivity contribution in [2.45, 2.75) is 13.0 Å². The van der Waals surface area contributed by atoms with Gasteiger partial charge in [-0.25, -0.2) is 0 Å². The highest BCUT2D eigenvalue weighted by molar-refractivity contribution is 5.97. The molecule has 3 rings (SSSR count). The van der Waals surface area contributed by atoms with E-state index in [9.17, 15) is 0 Å². The molecule has 1 atom stereocenters. The molecule has 1 aromatic carbocycles. The fourth-order valence-corrected chi connectivity index (χ4v) is 2.48. The van der Waals surface area contributed by atoms with Gasteiger partial charge < -0.3 is 15.4 Å². The Labute approximate surface area is 106 Å². The third kappa shape index (κ3) is 1.88. The Hall–Kier alpha value is -1.81. The number of nitrogen functional groups attached to an aromatic ring is 1. The molecule has 4 heteroatoms. The summed E-state index contributed by atoms with van der Waals surface area (Å²) in [4.78, 5) is 6.61. The average Bonchev–Trinajstić information content (AvgIpc) is 2.39. The molecule has 0 spiro atoms. The molecule has 0 saturated carbocycles. The van der Waals surface area contributed by atoms with Crippen LogP contribution in [0.4, 0.5) is 11.4 Å². The lowest BCUT2D eigenvalue weighted by molar-refractivity contribution is 0.0533. The van der Waals surface area contributed by atoms with Crippen molar-refractivity contribution in [3.8, 4) is 0 Å². The predicted molar refractivity (Wildman–Crippen MR) is 73.8 cm³/mol. The molecule has 1 aromatic heterocycles. The summed E-state index contributed by atoms with van der Waals surface area (Å²) >= 11 is 0. The molecule has 0 bridgehead atoms. The Morgan fingerprint density at radius 2 is 2.28 bits per heavy atom. The lowest BCUT2D eigenvalue weighted by Crippen LogP contribution is -2.41. The van der Waals surface area contributed by atoms with E-state index in [0.29, 0.717) is 0 Å². The van der Waals surface area contributed by atoms with Gasteiger partial charge in [-0.2, -0.15) is 0 Å². The number of ether oxygens (including phenoxy) is 1.